The number of ether oxygens (including phenoxy) is 4. The van der Waals surface area contributed by atoms with Gasteiger partial charge >= 0.3 is 5.97 Å². The normalized spacial score (nSPS) is 10.3. The Morgan fingerprint density at radius 1 is 0.914 bits per heavy atom. The zero-order chi connectivity index (χ0) is 25.4. The van der Waals surface area contributed by atoms with Crippen molar-refractivity contribution in [3.05, 3.63) is 64.5 Å². The van der Waals surface area contributed by atoms with Crippen LogP contribution in [0.15, 0.2) is 48.5 Å². The van der Waals surface area contributed by atoms with Crippen LogP contribution in [0, 0.1) is 6.92 Å². The van der Waals surface area contributed by atoms with E-state index in [2.05, 4.69) is 10.6 Å². The first kappa shape index (κ1) is 25.6. The minimum absolute atomic E-state index is 0.130. The van der Waals surface area contributed by atoms with Crippen LogP contribution in [0.25, 0.3) is 0 Å². The number of benzene rings is 2. The molecule has 0 spiro atoms. The van der Waals surface area contributed by atoms with Gasteiger partial charge in [-0.3, -0.25) is 9.59 Å². The van der Waals surface area contributed by atoms with E-state index in [0.29, 0.717) is 28.5 Å². The lowest BCUT2D eigenvalue weighted by atomic mass is 10.1. The van der Waals surface area contributed by atoms with Crippen LogP contribution in [0.3, 0.4) is 0 Å². The summed E-state index contributed by atoms with van der Waals surface area (Å²) in [6.07, 6.45) is 0. The molecule has 0 aliphatic heterocycles. The summed E-state index contributed by atoms with van der Waals surface area (Å²) >= 11 is 0.984. The van der Waals surface area contributed by atoms with Crippen LogP contribution in [0.5, 0.6) is 17.2 Å². The molecule has 0 saturated heterocycles. The Balaban J connectivity index is 1.78. The number of nitrogens with one attached hydrogen (secondary N) is 2. The van der Waals surface area contributed by atoms with E-state index in [1.807, 2.05) is 0 Å². The predicted molar refractivity (Wildman–Crippen MR) is 133 cm³/mol. The molecule has 9 nitrogen and oxygen atoms in total. The molecular formula is C25H26N2O7S. The monoisotopic (exact) mass is 498 g/mol. The largest absolute Gasteiger partial charge is 0.497 e. The fourth-order valence-electron chi connectivity index (χ4n) is 3.14. The lowest BCUT2D eigenvalue weighted by molar-refractivity contribution is -0.118. The summed E-state index contributed by atoms with van der Waals surface area (Å²) in [5, 5.41) is 5.66. The maximum Gasteiger partial charge on any atom is 0.341 e. The third-order valence-electron chi connectivity index (χ3n) is 4.84. The SMILES string of the molecule is CCOC(=O)c1c(NC(=O)COc2ccc(OC)cc2)sc(C(=O)Nc2cccc(OC)c2)c1C. The maximum atomic E-state index is 13.0. The average Bonchev–Trinajstić information content (AvgIpc) is 3.18. The van der Waals surface area contributed by atoms with Crippen molar-refractivity contribution in [1.82, 2.24) is 0 Å². The first-order valence-corrected chi connectivity index (χ1v) is 11.5. The highest BCUT2D eigenvalue weighted by Crippen LogP contribution is 2.34. The van der Waals surface area contributed by atoms with Gasteiger partial charge in [0.25, 0.3) is 11.8 Å². The summed E-state index contributed by atoms with van der Waals surface area (Å²) in [7, 11) is 3.09. The molecule has 184 valence electrons. The van der Waals surface area contributed by atoms with Crippen molar-refractivity contribution in [2.45, 2.75) is 13.8 Å². The molecular weight excluding hydrogens is 472 g/mol. The molecule has 2 aromatic carbocycles. The van der Waals surface area contributed by atoms with Crippen LogP contribution < -0.4 is 24.8 Å². The standard InChI is InChI=1S/C25H26N2O7S/c1-5-33-25(30)21-15(2)22(23(29)26-16-7-6-8-19(13-16)32-4)35-24(21)27-20(28)14-34-18-11-9-17(31-3)10-12-18/h6-13H,5,14H2,1-4H3,(H,26,29)(H,27,28). The van der Waals surface area contributed by atoms with E-state index < -0.39 is 17.8 Å². The van der Waals surface area contributed by atoms with Crippen molar-refractivity contribution < 1.29 is 33.3 Å². The van der Waals surface area contributed by atoms with Crippen LogP contribution in [-0.4, -0.2) is 45.2 Å². The Hall–Kier alpha value is -4.05. The Morgan fingerprint density at radius 2 is 1.60 bits per heavy atom. The molecule has 1 heterocycles. The summed E-state index contributed by atoms with van der Waals surface area (Å²) in [5.41, 5.74) is 1.06. The fourth-order valence-corrected chi connectivity index (χ4v) is 4.25. The molecule has 2 amide bonds. The quantitative estimate of drug-likeness (QED) is 0.395. The number of hydrogen-bond donors (Lipinski definition) is 2. The molecule has 10 heteroatoms. The van der Waals surface area contributed by atoms with Gasteiger partial charge in [0.15, 0.2) is 6.61 Å². The number of thiophene rings is 1. The second-order valence-corrected chi connectivity index (χ2v) is 8.20. The summed E-state index contributed by atoms with van der Waals surface area (Å²) < 4.78 is 20.9. The van der Waals surface area contributed by atoms with Gasteiger partial charge in [-0.25, -0.2) is 4.79 Å². The predicted octanol–water partition coefficient (Wildman–Crippen LogP) is 4.52. The van der Waals surface area contributed by atoms with Crippen LogP contribution in [0.1, 0.15) is 32.5 Å². The van der Waals surface area contributed by atoms with Crippen LogP contribution in [-0.2, 0) is 9.53 Å². The van der Waals surface area contributed by atoms with Gasteiger partial charge in [-0.1, -0.05) is 6.07 Å². The first-order valence-electron chi connectivity index (χ1n) is 10.7. The highest BCUT2D eigenvalue weighted by Gasteiger charge is 2.27. The molecule has 0 unspecified atom stereocenters. The number of anilines is 2. The molecule has 3 rings (SSSR count). The Morgan fingerprint density at radius 3 is 2.26 bits per heavy atom. The lowest BCUT2D eigenvalue weighted by Gasteiger charge is -2.09. The summed E-state index contributed by atoms with van der Waals surface area (Å²) in [5.74, 6) is 0.173. The minimum Gasteiger partial charge on any atom is -0.497 e. The molecule has 0 fully saturated rings. The van der Waals surface area contributed by atoms with Gasteiger partial charge in [0.2, 0.25) is 0 Å². The van der Waals surface area contributed by atoms with Crippen molar-refractivity contribution in [1.29, 1.82) is 0 Å². The van der Waals surface area contributed by atoms with Gasteiger partial charge in [-0.15, -0.1) is 11.3 Å². The van der Waals surface area contributed by atoms with E-state index >= 15 is 0 Å². The van der Waals surface area contributed by atoms with Crippen molar-refractivity contribution in [2.24, 2.45) is 0 Å². The molecule has 0 radical (unpaired) electrons. The topological polar surface area (TPSA) is 112 Å². The smallest absolute Gasteiger partial charge is 0.341 e. The molecule has 1 aromatic heterocycles. The highest BCUT2D eigenvalue weighted by molar-refractivity contribution is 7.19. The Labute approximate surface area is 207 Å². The van der Waals surface area contributed by atoms with E-state index in [9.17, 15) is 14.4 Å². The molecule has 3 aromatic rings. The molecule has 0 atom stereocenters. The summed E-state index contributed by atoms with van der Waals surface area (Å²) in [6, 6.07) is 13.7. The Bertz CT molecular complexity index is 1210. The number of methoxy groups -OCH3 is 2. The van der Waals surface area contributed by atoms with Gasteiger partial charge < -0.3 is 29.6 Å². The van der Waals surface area contributed by atoms with Crippen molar-refractivity contribution in [3.8, 4) is 17.2 Å². The third-order valence-corrected chi connectivity index (χ3v) is 6.05. The van der Waals surface area contributed by atoms with E-state index in [-0.39, 0.29) is 28.7 Å². The van der Waals surface area contributed by atoms with Crippen LogP contribution in [0.2, 0.25) is 0 Å². The number of rotatable bonds is 10. The van der Waals surface area contributed by atoms with Gasteiger partial charge in [0.1, 0.15) is 22.2 Å². The molecule has 0 aliphatic carbocycles. The zero-order valence-corrected chi connectivity index (χ0v) is 20.6. The number of esters is 1. The van der Waals surface area contributed by atoms with E-state index in [1.54, 1.807) is 69.5 Å². The maximum absolute atomic E-state index is 13.0. The fraction of sp³-hybridized carbons (Fsp3) is 0.240. The van der Waals surface area contributed by atoms with Gasteiger partial charge in [0.05, 0.1) is 31.3 Å². The first-order chi connectivity index (χ1) is 16.9. The molecule has 0 bridgehead atoms. The highest BCUT2D eigenvalue weighted by atomic mass is 32.1. The molecule has 35 heavy (non-hydrogen) atoms. The average molecular weight is 499 g/mol. The van der Waals surface area contributed by atoms with Gasteiger partial charge in [0, 0.05) is 11.8 Å². The number of carbonyl (C=O) groups excluding carboxylic acids is 3. The van der Waals surface area contributed by atoms with E-state index in [1.165, 1.54) is 7.11 Å². The van der Waals surface area contributed by atoms with Crippen LogP contribution >= 0.6 is 11.3 Å². The number of amides is 2. The van der Waals surface area contributed by atoms with Gasteiger partial charge in [-0.05, 0) is 55.8 Å². The van der Waals surface area contributed by atoms with Crippen molar-refractivity contribution >= 4 is 39.8 Å². The minimum atomic E-state index is -0.631. The van der Waals surface area contributed by atoms with E-state index in [4.69, 9.17) is 18.9 Å². The second kappa shape index (κ2) is 11.9. The second-order valence-electron chi connectivity index (χ2n) is 7.18. The number of hydrogen-bond acceptors (Lipinski definition) is 8. The van der Waals surface area contributed by atoms with Crippen LogP contribution in [0.4, 0.5) is 10.7 Å². The third kappa shape index (κ3) is 6.51. The Kier molecular flexibility index (Phi) is 8.69. The van der Waals surface area contributed by atoms with E-state index in [0.717, 1.165) is 11.3 Å². The molecule has 2 N–H and O–H groups in total. The summed E-state index contributed by atoms with van der Waals surface area (Å²) in [4.78, 5) is 38.5. The summed E-state index contributed by atoms with van der Waals surface area (Å²) in [6.45, 7) is 3.16. The lowest BCUT2D eigenvalue weighted by Crippen LogP contribution is -2.21. The molecule has 0 saturated carbocycles. The van der Waals surface area contributed by atoms with Crippen molar-refractivity contribution in [3.63, 3.8) is 0 Å². The number of carbonyl (C=O) groups is 3. The van der Waals surface area contributed by atoms with Gasteiger partial charge in [-0.2, -0.15) is 0 Å². The zero-order valence-electron chi connectivity index (χ0n) is 19.8. The van der Waals surface area contributed by atoms with Crippen molar-refractivity contribution in [2.75, 3.05) is 38.1 Å². The molecule has 0 aliphatic rings.